The molecular formula is C13H17FO3S. The van der Waals surface area contributed by atoms with E-state index in [1.165, 1.54) is 18.2 Å². The van der Waals surface area contributed by atoms with Gasteiger partial charge in [-0.3, -0.25) is 4.79 Å². The van der Waals surface area contributed by atoms with E-state index in [0.29, 0.717) is 0 Å². The van der Waals surface area contributed by atoms with Crippen molar-refractivity contribution in [3.05, 3.63) is 35.6 Å². The summed E-state index contributed by atoms with van der Waals surface area (Å²) in [4.78, 5) is 11.7. The number of hydrogen-bond donors (Lipinski definition) is 0. The Labute approximate surface area is 107 Å². The third-order valence-electron chi connectivity index (χ3n) is 2.63. The summed E-state index contributed by atoms with van der Waals surface area (Å²) in [5, 5.41) is 0. The zero-order chi connectivity index (χ0) is 14.0. The molecule has 0 saturated carbocycles. The van der Waals surface area contributed by atoms with E-state index in [1.54, 1.807) is 26.8 Å². The highest BCUT2D eigenvalue weighted by atomic mass is 32.2. The molecule has 100 valence electrons. The second-order valence-corrected chi connectivity index (χ2v) is 7.92. The predicted octanol–water partition coefficient (Wildman–Crippen LogP) is 2.15. The molecule has 5 heteroatoms. The van der Waals surface area contributed by atoms with Crippen molar-refractivity contribution in [3.8, 4) is 0 Å². The summed E-state index contributed by atoms with van der Waals surface area (Å²) in [6, 6.07) is 5.87. The molecule has 0 bridgehead atoms. The fourth-order valence-electron chi connectivity index (χ4n) is 1.33. The SMILES string of the molecule is CC(C)(C)S(=O)(=O)CC(=O)Cc1ccccc1F. The van der Waals surface area contributed by atoms with Gasteiger partial charge in [-0.05, 0) is 32.4 Å². The Hall–Kier alpha value is -1.23. The van der Waals surface area contributed by atoms with E-state index in [-0.39, 0.29) is 12.0 Å². The Balaban J connectivity index is 2.78. The highest BCUT2D eigenvalue weighted by molar-refractivity contribution is 7.93. The second kappa shape index (κ2) is 5.18. The molecule has 0 N–H and O–H groups in total. The smallest absolute Gasteiger partial charge is 0.162 e. The minimum atomic E-state index is -3.50. The van der Waals surface area contributed by atoms with Crippen molar-refractivity contribution in [2.75, 3.05) is 5.75 Å². The number of ketones is 1. The Morgan fingerprint density at radius 3 is 2.28 bits per heavy atom. The van der Waals surface area contributed by atoms with Crippen LogP contribution in [0.15, 0.2) is 24.3 Å². The number of benzene rings is 1. The summed E-state index contributed by atoms with van der Waals surface area (Å²) in [5.74, 6) is -1.53. The minimum Gasteiger partial charge on any atom is -0.298 e. The van der Waals surface area contributed by atoms with Crippen molar-refractivity contribution in [1.29, 1.82) is 0 Å². The van der Waals surface area contributed by atoms with Crippen molar-refractivity contribution in [3.63, 3.8) is 0 Å². The maximum absolute atomic E-state index is 13.3. The van der Waals surface area contributed by atoms with Gasteiger partial charge in [-0.2, -0.15) is 0 Å². The molecule has 0 aromatic heterocycles. The summed E-state index contributed by atoms with van der Waals surface area (Å²) in [6.45, 7) is 4.62. The maximum atomic E-state index is 13.3. The number of halogens is 1. The van der Waals surface area contributed by atoms with Crippen molar-refractivity contribution in [1.82, 2.24) is 0 Å². The second-order valence-electron chi connectivity index (χ2n) is 5.18. The van der Waals surface area contributed by atoms with Crippen LogP contribution in [0.2, 0.25) is 0 Å². The van der Waals surface area contributed by atoms with Gasteiger partial charge >= 0.3 is 0 Å². The molecule has 18 heavy (non-hydrogen) atoms. The first-order valence-corrected chi connectivity index (χ1v) is 7.26. The average Bonchev–Trinajstić information content (AvgIpc) is 2.19. The lowest BCUT2D eigenvalue weighted by molar-refractivity contribution is -0.116. The lowest BCUT2D eigenvalue weighted by Crippen LogP contribution is -2.34. The lowest BCUT2D eigenvalue weighted by Gasteiger charge is -2.18. The molecule has 0 fully saturated rings. The van der Waals surface area contributed by atoms with Gasteiger partial charge in [-0.15, -0.1) is 0 Å². The Kier molecular flexibility index (Phi) is 4.27. The van der Waals surface area contributed by atoms with Crippen LogP contribution in [0.4, 0.5) is 4.39 Å². The largest absolute Gasteiger partial charge is 0.298 e. The molecule has 0 spiro atoms. The Morgan fingerprint density at radius 1 is 1.22 bits per heavy atom. The molecule has 0 aliphatic carbocycles. The van der Waals surface area contributed by atoms with Gasteiger partial charge < -0.3 is 0 Å². The molecule has 0 heterocycles. The summed E-state index contributed by atoms with van der Waals surface area (Å²) in [5.41, 5.74) is 0.228. The van der Waals surface area contributed by atoms with Gasteiger partial charge in [0.05, 0.1) is 4.75 Å². The van der Waals surface area contributed by atoms with Crippen LogP contribution in [0.1, 0.15) is 26.3 Å². The van der Waals surface area contributed by atoms with Crippen LogP contribution in [0.5, 0.6) is 0 Å². The van der Waals surface area contributed by atoms with Crippen molar-refractivity contribution >= 4 is 15.6 Å². The van der Waals surface area contributed by atoms with Crippen molar-refractivity contribution in [2.24, 2.45) is 0 Å². The maximum Gasteiger partial charge on any atom is 0.162 e. The summed E-state index contributed by atoms with van der Waals surface area (Å²) in [6.07, 6.45) is -0.192. The van der Waals surface area contributed by atoms with Crippen LogP contribution in [0.25, 0.3) is 0 Å². The van der Waals surface area contributed by atoms with E-state index in [0.717, 1.165) is 0 Å². The molecule has 1 aromatic carbocycles. The normalized spacial score (nSPS) is 12.4. The van der Waals surface area contributed by atoms with Gasteiger partial charge in [-0.25, -0.2) is 12.8 Å². The molecule has 3 nitrogen and oxygen atoms in total. The summed E-state index contributed by atoms with van der Waals surface area (Å²) >= 11 is 0. The van der Waals surface area contributed by atoms with Gasteiger partial charge in [0.15, 0.2) is 15.6 Å². The number of sulfone groups is 1. The number of hydrogen-bond acceptors (Lipinski definition) is 3. The average molecular weight is 272 g/mol. The standard InChI is InChI=1S/C13H17FO3S/c1-13(2,3)18(16,17)9-11(15)8-10-6-4-5-7-12(10)14/h4-7H,8-9H2,1-3H3. The molecule has 0 aliphatic heterocycles. The van der Waals surface area contributed by atoms with E-state index < -0.39 is 31.9 Å². The molecule has 0 atom stereocenters. The summed E-state index contributed by atoms with van der Waals surface area (Å²) < 4.78 is 36.0. The first-order chi connectivity index (χ1) is 8.13. The van der Waals surface area contributed by atoms with Crippen LogP contribution >= 0.6 is 0 Å². The highest BCUT2D eigenvalue weighted by Gasteiger charge is 2.31. The number of carbonyl (C=O) groups excluding carboxylic acids is 1. The molecule has 0 aliphatic rings. The van der Waals surface area contributed by atoms with Crippen LogP contribution in [-0.4, -0.2) is 24.7 Å². The molecule has 1 aromatic rings. The van der Waals surface area contributed by atoms with E-state index >= 15 is 0 Å². The first kappa shape index (κ1) is 14.8. The zero-order valence-electron chi connectivity index (χ0n) is 10.7. The fourth-order valence-corrected chi connectivity index (χ4v) is 2.29. The van der Waals surface area contributed by atoms with Gasteiger partial charge in [0.1, 0.15) is 11.6 Å². The minimum absolute atomic E-state index is 0.192. The first-order valence-electron chi connectivity index (χ1n) is 5.61. The van der Waals surface area contributed by atoms with Gasteiger partial charge in [0.25, 0.3) is 0 Å². The van der Waals surface area contributed by atoms with Crippen LogP contribution in [-0.2, 0) is 21.1 Å². The molecule has 0 saturated heterocycles. The van der Waals surface area contributed by atoms with Crippen LogP contribution < -0.4 is 0 Å². The molecule has 0 radical (unpaired) electrons. The highest BCUT2D eigenvalue weighted by Crippen LogP contribution is 2.17. The third kappa shape index (κ3) is 3.63. The monoisotopic (exact) mass is 272 g/mol. The predicted molar refractivity (Wildman–Crippen MR) is 68.7 cm³/mol. The number of carbonyl (C=O) groups is 1. The zero-order valence-corrected chi connectivity index (χ0v) is 11.6. The molecule has 1 rings (SSSR count). The van der Waals surface area contributed by atoms with Crippen LogP contribution in [0.3, 0.4) is 0 Å². The molecule has 0 amide bonds. The number of Topliss-reactive ketones (excluding diaryl/α,β-unsaturated/α-hetero) is 1. The Bertz CT molecular complexity index is 542. The van der Waals surface area contributed by atoms with E-state index in [9.17, 15) is 17.6 Å². The number of rotatable bonds is 4. The van der Waals surface area contributed by atoms with Gasteiger partial charge in [-0.1, -0.05) is 18.2 Å². The van der Waals surface area contributed by atoms with E-state index in [2.05, 4.69) is 0 Å². The Morgan fingerprint density at radius 2 is 1.78 bits per heavy atom. The molecule has 0 unspecified atom stereocenters. The molecular weight excluding hydrogens is 255 g/mol. The summed E-state index contributed by atoms with van der Waals surface area (Å²) in [7, 11) is -3.50. The van der Waals surface area contributed by atoms with Crippen molar-refractivity contribution in [2.45, 2.75) is 31.9 Å². The van der Waals surface area contributed by atoms with Gasteiger partial charge in [0, 0.05) is 6.42 Å². The van der Waals surface area contributed by atoms with Crippen LogP contribution in [0, 0.1) is 5.82 Å². The van der Waals surface area contributed by atoms with E-state index in [4.69, 9.17) is 0 Å². The third-order valence-corrected chi connectivity index (χ3v) is 5.20. The topological polar surface area (TPSA) is 51.2 Å². The lowest BCUT2D eigenvalue weighted by atomic mass is 10.1. The fraction of sp³-hybridized carbons (Fsp3) is 0.462. The van der Waals surface area contributed by atoms with Crippen molar-refractivity contribution < 1.29 is 17.6 Å². The van der Waals surface area contributed by atoms with Gasteiger partial charge in [0.2, 0.25) is 0 Å². The quantitative estimate of drug-likeness (QED) is 0.844. The van der Waals surface area contributed by atoms with E-state index in [1.807, 2.05) is 0 Å².